The number of hydrogen-bond donors (Lipinski definition) is 0. The van der Waals surface area contributed by atoms with Crippen molar-refractivity contribution in [2.45, 2.75) is 26.0 Å². The first-order valence-electron chi connectivity index (χ1n) is 3.56. The van der Waals surface area contributed by atoms with Crippen molar-refractivity contribution in [1.82, 2.24) is 4.90 Å². The monoisotopic (exact) mass is 143 g/mol. The molecule has 10 heavy (non-hydrogen) atoms. The maximum Gasteiger partial charge on any atom is 0.210 e. The van der Waals surface area contributed by atoms with Crippen LogP contribution in [0.25, 0.3) is 0 Å². The van der Waals surface area contributed by atoms with E-state index in [1.165, 1.54) is 0 Å². The minimum atomic E-state index is 0.196. The van der Waals surface area contributed by atoms with Crippen molar-refractivity contribution in [3.63, 3.8) is 0 Å². The molecule has 1 aliphatic rings. The molecule has 1 heterocycles. The van der Waals surface area contributed by atoms with Crippen LogP contribution in [0, 0.1) is 0 Å². The van der Waals surface area contributed by atoms with E-state index >= 15 is 0 Å². The second-order valence-electron chi connectivity index (χ2n) is 2.80. The predicted octanol–water partition coefficient (Wildman–Crippen LogP) is 0.252. The van der Waals surface area contributed by atoms with Crippen molar-refractivity contribution in [3.05, 3.63) is 0 Å². The Labute approximate surface area is 61.0 Å². The van der Waals surface area contributed by atoms with Crippen LogP contribution in [0.3, 0.4) is 0 Å². The molecule has 1 aliphatic heterocycles. The third-order valence-corrected chi connectivity index (χ3v) is 1.79. The van der Waals surface area contributed by atoms with E-state index in [1.807, 2.05) is 13.8 Å². The highest BCUT2D eigenvalue weighted by atomic mass is 16.5. The SMILES string of the molecule is CC1CN(C=O)[C@H](C)CO1. The molecule has 3 nitrogen and oxygen atoms in total. The molecule has 3 heteroatoms. The van der Waals surface area contributed by atoms with Crippen LogP contribution in [0.4, 0.5) is 0 Å². The van der Waals surface area contributed by atoms with E-state index in [-0.39, 0.29) is 12.1 Å². The number of morpholine rings is 1. The summed E-state index contributed by atoms with van der Waals surface area (Å²) in [5, 5.41) is 0. The molecule has 0 aromatic rings. The molecule has 0 aromatic heterocycles. The molecule has 1 rings (SSSR count). The summed E-state index contributed by atoms with van der Waals surface area (Å²) in [5.41, 5.74) is 0. The molecule has 0 saturated carbocycles. The van der Waals surface area contributed by atoms with Crippen LogP contribution in [-0.4, -0.2) is 36.6 Å². The maximum atomic E-state index is 10.4. The quantitative estimate of drug-likeness (QED) is 0.492. The first-order chi connectivity index (χ1) is 4.74. The summed E-state index contributed by atoms with van der Waals surface area (Å²) in [6.45, 7) is 5.35. The van der Waals surface area contributed by atoms with Crippen LogP contribution in [0.15, 0.2) is 0 Å². The van der Waals surface area contributed by atoms with Crippen molar-refractivity contribution >= 4 is 6.41 Å². The Hall–Kier alpha value is -0.570. The summed E-state index contributed by atoms with van der Waals surface area (Å²) in [7, 11) is 0. The number of carbonyl (C=O) groups is 1. The van der Waals surface area contributed by atoms with E-state index in [1.54, 1.807) is 4.90 Å². The van der Waals surface area contributed by atoms with E-state index in [4.69, 9.17) is 4.74 Å². The lowest BCUT2D eigenvalue weighted by atomic mass is 10.2. The Morgan fingerprint density at radius 2 is 2.30 bits per heavy atom. The van der Waals surface area contributed by atoms with Gasteiger partial charge < -0.3 is 9.64 Å². The standard InChI is InChI=1S/C7H13NO2/c1-6-4-10-7(2)3-8(6)5-9/h5-7H,3-4H2,1-2H3/t6-,7?/m1/s1. The topological polar surface area (TPSA) is 29.5 Å². The van der Waals surface area contributed by atoms with E-state index in [0.717, 1.165) is 13.0 Å². The highest BCUT2D eigenvalue weighted by Crippen LogP contribution is 2.07. The molecule has 1 unspecified atom stereocenters. The minimum Gasteiger partial charge on any atom is -0.375 e. The van der Waals surface area contributed by atoms with E-state index in [9.17, 15) is 4.79 Å². The molecule has 0 N–H and O–H groups in total. The van der Waals surface area contributed by atoms with Gasteiger partial charge in [0.1, 0.15) is 0 Å². The molecule has 58 valence electrons. The molecule has 1 amide bonds. The number of ether oxygens (including phenoxy) is 1. The molecule has 2 atom stereocenters. The summed E-state index contributed by atoms with van der Waals surface area (Å²) in [5.74, 6) is 0. The van der Waals surface area contributed by atoms with Crippen molar-refractivity contribution in [3.8, 4) is 0 Å². The zero-order chi connectivity index (χ0) is 7.56. The van der Waals surface area contributed by atoms with E-state index in [0.29, 0.717) is 6.61 Å². The summed E-state index contributed by atoms with van der Waals surface area (Å²) in [4.78, 5) is 12.2. The molecule has 1 saturated heterocycles. The normalized spacial score (nSPS) is 34.0. The highest BCUT2D eigenvalue weighted by Gasteiger charge is 2.21. The Morgan fingerprint density at radius 3 is 2.80 bits per heavy atom. The molecule has 0 aromatic carbocycles. The second kappa shape index (κ2) is 3.01. The van der Waals surface area contributed by atoms with Gasteiger partial charge in [0.25, 0.3) is 0 Å². The zero-order valence-electron chi connectivity index (χ0n) is 6.41. The molecular weight excluding hydrogens is 130 g/mol. The van der Waals surface area contributed by atoms with Crippen LogP contribution < -0.4 is 0 Å². The Bertz CT molecular complexity index is 127. The van der Waals surface area contributed by atoms with Gasteiger partial charge in [-0.1, -0.05) is 0 Å². The minimum absolute atomic E-state index is 0.196. The predicted molar refractivity (Wildman–Crippen MR) is 37.6 cm³/mol. The van der Waals surface area contributed by atoms with Crippen LogP contribution >= 0.6 is 0 Å². The van der Waals surface area contributed by atoms with E-state index < -0.39 is 0 Å². The lowest BCUT2D eigenvalue weighted by Gasteiger charge is -2.33. The van der Waals surface area contributed by atoms with Crippen molar-refractivity contribution in [2.75, 3.05) is 13.2 Å². The number of nitrogens with zero attached hydrogens (tertiary/aromatic N) is 1. The lowest BCUT2D eigenvalue weighted by molar-refractivity contribution is -0.129. The molecule has 0 aliphatic carbocycles. The number of hydrogen-bond acceptors (Lipinski definition) is 2. The van der Waals surface area contributed by atoms with Gasteiger partial charge in [0.15, 0.2) is 0 Å². The van der Waals surface area contributed by atoms with Gasteiger partial charge in [0.2, 0.25) is 6.41 Å². The Balaban J connectivity index is 2.45. The second-order valence-corrected chi connectivity index (χ2v) is 2.80. The number of amides is 1. The highest BCUT2D eigenvalue weighted by molar-refractivity contribution is 5.47. The zero-order valence-corrected chi connectivity index (χ0v) is 6.41. The van der Waals surface area contributed by atoms with E-state index in [2.05, 4.69) is 0 Å². The van der Waals surface area contributed by atoms with Crippen LogP contribution in [0.5, 0.6) is 0 Å². The lowest BCUT2D eigenvalue weighted by Crippen LogP contribution is -2.46. The fraction of sp³-hybridized carbons (Fsp3) is 0.857. The summed E-state index contributed by atoms with van der Waals surface area (Å²) in [6, 6.07) is 0.244. The summed E-state index contributed by atoms with van der Waals surface area (Å²) < 4.78 is 5.32. The number of rotatable bonds is 1. The average molecular weight is 143 g/mol. The first kappa shape index (κ1) is 7.54. The Kier molecular flexibility index (Phi) is 2.27. The van der Waals surface area contributed by atoms with Gasteiger partial charge in [-0.2, -0.15) is 0 Å². The van der Waals surface area contributed by atoms with Gasteiger partial charge in [-0.3, -0.25) is 4.79 Å². The van der Waals surface area contributed by atoms with Gasteiger partial charge in [-0.25, -0.2) is 0 Å². The molecular formula is C7H13NO2. The Morgan fingerprint density at radius 1 is 1.60 bits per heavy atom. The van der Waals surface area contributed by atoms with Gasteiger partial charge in [0.05, 0.1) is 18.8 Å². The average Bonchev–Trinajstić information content (AvgIpc) is 1.94. The number of carbonyl (C=O) groups excluding carboxylic acids is 1. The summed E-state index contributed by atoms with van der Waals surface area (Å²) in [6.07, 6.45) is 1.09. The van der Waals surface area contributed by atoms with Crippen molar-refractivity contribution in [1.29, 1.82) is 0 Å². The van der Waals surface area contributed by atoms with Gasteiger partial charge >= 0.3 is 0 Å². The molecule has 0 spiro atoms. The largest absolute Gasteiger partial charge is 0.375 e. The smallest absolute Gasteiger partial charge is 0.210 e. The fourth-order valence-electron chi connectivity index (χ4n) is 1.08. The molecule has 1 fully saturated rings. The molecule has 0 bridgehead atoms. The van der Waals surface area contributed by atoms with Gasteiger partial charge in [0, 0.05) is 6.54 Å². The van der Waals surface area contributed by atoms with Gasteiger partial charge in [-0.15, -0.1) is 0 Å². The van der Waals surface area contributed by atoms with Gasteiger partial charge in [-0.05, 0) is 13.8 Å². The van der Waals surface area contributed by atoms with Crippen molar-refractivity contribution < 1.29 is 9.53 Å². The summed E-state index contributed by atoms with van der Waals surface area (Å²) >= 11 is 0. The maximum absolute atomic E-state index is 10.4. The van der Waals surface area contributed by atoms with Crippen LogP contribution in [-0.2, 0) is 9.53 Å². The third-order valence-electron chi connectivity index (χ3n) is 1.79. The molecule has 0 radical (unpaired) electrons. The fourth-order valence-corrected chi connectivity index (χ4v) is 1.08. The van der Waals surface area contributed by atoms with Crippen LogP contribution in [0.1, 0.15) is 13.8 Å². The van der Waals surface area contributed by atoms with Crippen molar-refractivity contribution in [2.24, 2.45) is 0 Å². The first-order valence-corrected chi connectivity index (χ1v) is 3.56. The van der Waals surface area contributed by atoms with Crippen LogP contribution in [0.2, 0.25) is 0 Å². The third kappa shape index (κ3) is 1.48.